The molecule has 1 saturated carbocycles. The molecule has 0 bridgehead atoms. The van der Waals surface area contributed by atoms with Crippen LogP contribution in [0, 0.1) is 5.92 Å². The highest BCUT2D eigenvalue weighted by molar-refractivity contribution is 4.90. The lowest BCUT2D eigenvalue weighted by Gasteiger charge is -2.41. The van der Waals surface area contributed by atoms with Gasteiger partial charge in [0.2, 0.25) is 0 Å². The maximum atomic E-state index is 3.69. The summed E-state index contributed by atoms with van der Waals surface area (Å²) >= 11 is 0. The normalized spacial score (nSPS) is 29.2. The van der Waals surface area contributed by atoms with Gasteiger partial charge in [-0.15, -0.1) is 0 Å². The van der Waals surface area contributed by atoms with Gasteiger partial charge in [0.1, 0.15) is 0 Å². The first kappa shape index (κ1) is 15.9. The van der Waals surface area contributed by atoms with E-state index >= 15 is 0 Å². The fourth-order valence-electron chi connectivity index (χ4n) is 3.11. The van der Waals surface area contributed by atoms with Gasteiger partial charge in [0.05, 0.1) is 0 Å². The van der Waals surface area contributed by atoms with E-state index in [9.17, 15) is 0 Å². The van der Waals surface area contributed by atoms with Crippen molar-refractivity contribution in [3.05, 3.63) is 0 Å². The molecule has 1 N–H and O–H groups in total. The van der Waals surface area contributed by atoms with E-state index in [0.717, 1.165) is 25.0 Å². The van der Waals surface area contributed by atoms with Crippen molar-refractivity contribution >= 4 is 0 Å². The summed E-state index contributed by atoms with van der Waals surface area (Å²) in [6, 6.07) is 1.42. The Kier molecular flexibility index (Phi) is 7.20. The fourth-order valence-corrected chi connectivity index (χ4v) is 3.11. The molecule has 0 spiro atoms. The summed E-state index contributed by atoms with van der Waals surface area (Å²) in [7, 11) is 6.62. The SMILES string of the molecule is CCNC1CCC(CC)CC1N(C)CCN(C)C. The quantitative estimate of drug-likeness (QED) is 0.751. The largest absolute Gasteiger partial charge is 0.313 e. The standard InChI is InChI=1S/C15H33N3/c1-6-13-8-9-14(16-7-2)15(12-13)18(5)11-10-17(3)4/h13-16H,6-12H2,1-5H3. The zero-order valence-electron chi connectivity index (χ0n) is 13.1. The van der Waals surface area contributed by atoms with Crippen molar-refractivity contribution in [3.63, 3.8) is 0 Å². The smallest absolute Gasteiger partial charge is 0.0249 e. The van der Waals surface area contributed by atoms with Crippen LogP contribution in [0.3, 0.4) is 0 Å². The highest BCUT2D eigenvalue weighted by Gasteiger charge is 2.31. The van der Waals surface area contributed by atoms with Crippen LogP contribution in [0.1, 0.15) is 39.5 Å². The van der Waals surface area contributed by atoms with Gasteiger partial charge in [-0.3, -0.25) is 0 Å². The second kappa shape index (κ2) is 8.13. The van der Waals surface area contributed by atoms with Crippen molar-refractivity contribution in [3.8, 4) is 0 Å². The molecule has 0 aromatic carbocycles. The predicted octanol–water partition coefficient (Wildman–Crippen LogP) is 2.04. The number of nitrogens with one attached hydrogen (secondary N) is 1. The molecule has 3 atom stereocenters. The van der Waals surface area contributed by atoms with Crippen LogP contribution in [0.2, 0.25) is 0 Å². The van der Waals surface area contributed by atoms with Crippen molar-refractivity contribution < 1.29 is 0 Å². The van der Waals surface area contributed by atoms with Gasteiger partial charge < -0.3 is 15.1 Å². The molecule has 0 amide bonds. The second-order valence-electron chi connectivity index (χ2n) is 6.10. The van der Waals surface area contributed by atoms with Crippen molar-refractivity contribution in [2.24, 2.45) is 5.92 Å². The van der Waals surface area contributed by atoms with Crippen LogP contribution in [-0.2, 0) is 0 Å². The molecule has 108 valence electrons. The number of likely N-dealkylation sites (N-methyl/N-ethyl adjacent to an activating group) is 3. The number of rotatable bonds is 7. The number of nitrogens with zero attached hydrogens (tertiary/aromatic N) is 2. The summed E-state index contributed by atoms with van der Waals surface area (Å²) in [4.78, 5) is 4.86. The molecule has 3 nitrogen and oxygen atoms in total. The number of hydrogen-bond donors (Lipinski definition) is 1. The maximum absolute atomic E-state index is 3.69. The second-order valence-corrected chi connectivity index (χ2v) is 6.10. The Morgan fingerprint density at radius 1 is 1.06 bits per heavy atom. The minimum Gasteiger partial charge on any atom is -0.313 e. The third kappa shape index (κ3) is 4.87. The molecule has 1 aliphatic carbocycles. The molecule has 1 rings (SSSR count). The van der Waals surface area contributed by atoms with Crippen LogP contribution in [0.5, 0.6) is 0 Å². The molecule has 1 fully saturated rings. The van der Waals surface area contributed by atoms with Crippen LogP contribution < -0.4 is 5.32 Å². The molecule has 0 aromatic heterocycles. The van der Waals surface area contributed by atoms with Gasteiger partial charge >= 0.3 is 0 Å². The molecule has 3 heteroatoms. The summed E-state index contributed by atoms with van der Waals surface area (Å²) in [6.07, 6.45) is 5.48. The molecular formula is C15H33N3. The Balaban J connectivity index is 2.53. The molecule has 1 aliphatic rings. The molecular weight excluding hydrogens is 222 g/mol. The first-order valence-corrected chi connectivity index (χ1v) is 7.66. The molecule has 0 aromatic rings. The van der Waals surface area contributed by atoms with E-state index in [1.807, 2.05) is 0 Å². The van der Waals surface area contributed by atoms with Crippen LogP contribution >= 0.6 is 0 Å². The first-order chi connectivity index (χ1) is 8.58. The Bertz CT molecular complexity index is 218. The average molecular weight is 255 g/mol. The van der Waals surface area contributed by atoms with Crippen molar-refractivity contribution in [1.82, 2.24) is 15.1 Å². The molecule has 0 saturated heterocycles. The predicted molar refractivity (Wildman–Crippen MR) is 80.1 cm³/mol. The molecule has 0 heterocycles. The van der Waals surface area contributed by atoms with Crippen LogP contribution in [0.25, 0.3) is 0 Å². The fraction of sp³-hybridized carbons (Fsp3) is 1.00. The first-order valence-electron chi connectivity index (χ1n) is 7.66. The summed E-state index contributed by atoms with van der Waals surface area (Å²) in [5.41, 5.74) is 0. The average Bonchev–Trinajstić information content (AvgIpc) is 2.36. The van der Waals surface area contributed by atoms with Crippen LogP contribution in [0.15, 0.2) is 0 Å². The van der Waals surface area contributed by atoms with E-state index in [4.69, 9.17) is 0 Å². The van der Waals surface area contributed by atoms with Crippen LogP contribution in [-0.4, -0.2) is 62.7 Å². The van der Waals surface area contributed by atoms with Gasteiger partial charge in [0, 0.05) is 25.2 Å². The van der Waals surface area contributed by atoms with Crippen molar-refractivity contribution in [2.45, 2.75) is 51.6 Å². The van der Waals surface area contributed by atoms with E-state index in [1.165, 1.54) is 32.2 Å². The Hall–Kier alpha value is -0.120. The summed E-state index contributed by atoms with van der Waals surface area (Å²) in [5.74, 6) is 0.937. The van der Waals surface area contributed by atoms with Gasteiger partial charge in [0.15, 0.2) is 0 Å². The minimum atomic E-state index is 0.699. The van der Waals surface area contributed by atoms with E-state index in [0.29, 0.717) is 6.04 Å². The lowest BCUT2D eigenvalue weighted by molar-refractivity contribution is 0.112. The van der Waals surface area contributed by atoms with Gasteiger partial charge in [-0.1, -0.05) is 20.3 Å². The van der Waals surface area contributed by atoms with E-state index < -0.39 is 0 Å². The van der Waals surface area contributed by atoms with E-state index in [2.05, 4.69) is 50.1 Å². The summed E-state index contributed by atoms with van der Waals surface area (Å²) in [5, 5.41) is 3.69. The third-order valence-electron chi connectivity index (χ3n) is 4.43. The van der Waals surface area contributed by atoms with Gasteiger partial charge in [0.25, 0.3) is 0 Å². The zero-order chi connectivity index (χ0) is 13.5. The highest BCUT2D eigenvalue weighted by atomic mass is 15.2. The van der Waals surface area contributed by atoms with E-state index in [-0.39, 0.29) is 0 Å². The lowest BCUT2D eigenvalue weighted by atomic mass is 9.80. The van der Waals surface area contributed by atoms with Crippen molar-refractivity contribution in [1.29, 1.82) is 0 Å². The van der Waals surface area contributed by atoms with Gasteiger partial charge in [-0.05, 0) is 52.9 Å². The minimum absolute atomic E-state index is 0.699. The molecule has 0 radical (unpaired) electrons. The van der Waals surface area contributed by atoms with Crippen molar-refractivity contribution in [2.75, 3.05) is 40.8 Å². The maximum Gasteiger partial charge on any atom is 0.0249 e. The Morgan fingerprint density at radius 2 is 1.78 bits per heavy atom. The highest BCUT2D eigenvalue weighted by Crippen LogP contribution is 2.29. The van der Waals surface area contributed by atoms with E-state index in [1.54, 1.807) is 0 Å². The lowest BCUT2D eigenvalue weighted by Crippen LogP contribution is -2.53. The zero-order valence-corrected chi connectivity index (χ0v) is 13.1. The Labute approximate surface area is 114 Å². The molecule has 3 unspecified atom stereocenters. The van der Waals surface area contributed by atoms with Gasteiger partial charge in [-0.25, -0.2) is 0 Å². The third-order valence-corrected chi connectivity index (χ3v) is 4.43. The van der Waals surface area contributed by atoms with Gasteiger partial charge in [-0.2, -0.15) is 0 Å². The number of hydrogen-bond acceptors (Lipinski definition) is 3. The van der Waals surface area contributed by atoms with Crippen LogP contribution in [0.4, 0.5) is 0 Å². The summed E-state index contributed by atoms with van der Waals surface area (Å²) < 4.78 is 0. The monoisotopic (exact) mass is 255 g/mol. The molecule has 0 aliphatic heterocycles. The molecule has 18 heavy (non-hydrogen) atoms. The topological polar surface area (TPSA) is 18.5 Å². The summed E-state index contributed by atoms with van der Waals surface area (Å²) in [6.45, 7) is 8.00. The Morgan fingerprint density at radius 3 is 2.33 bits per heavy atom.